The Morgan fingerprint density at radius 1 is 1.04 bits per heavy atom. The number of anilines is 2. The molecule has 1 heterocycles. The van der Waals surface area contributed by atoms with Crippen molar-refractivity contribution in [3.8, 4) is 0 Å². The Labute approximate surface area is 144 Å². The number of nitrogens with one attached hydrogen (secondary N) is 1. The van der Waals surface area contributed by atoms with Gasteiger partial charge in [-0.1, -0.05) is 19.9 Å². The zero-order valence-electron chi connectivity index (χ0n) is 15.0. The summed E-state index contributed by atoms with van der Waals surface area (Å²) < 4.78 is 0. The first-order chi connectivity index (χ1) is 11.5. The van der Waals surface area contributed by atoms with E-state index in [1.54, 1.807) is 12.4 Å². The SMILES string of the molecule is CCCN(CCC)C(=O)c1cnc(Nc2ccc(C)c(C)c2)nc1. The molecular formula is C19H26N4O. The molecule has 0 radical (unpaired) electrons. The van der Waals surface area contributed by atoms with Crippen molar-refractivity contribution in [2.45, 2.75) is 40.5 Å². The van der Waals surface area contributed by atoms with Gasteiger partial charge in [0.25, 0.3) is 5.91 Å². The van der Waals surface area contributed by atoms with Gasteiger partial charge in [-0.25, -0.2) is 9.97 Å². The number of rotatable bonds is 7. The molecule has 0 unspecified atom stereocenters. The molecule has 0 spiro atoms. The van der Waals surface area contributed by atoms with Crippen LogP contribution in [-0.4, -0.2) is 33.9 Å². The Balaban J connectivity index is 2.09. The third-order valence-electron chi connectivity index (χ3n) is 3.94. The second kappa shape index (κ2) is 8.43. The predicted molar refractivity (Wildman–Crippen MR) is 97.7 cm³/mol. The van der Waals surface area contributed by atoms with Gasteiger partial charge in [-0.3, -0.25) is 4.79 Å². The van der Waals surface area contributed by atoms with Crippen molar-refractivity contribution in [1.29, 1.82) is 0 Å². The summed E-state index contributed by atoms with van der Waals surface area (Å²) >= 11 is 0. The van der Waals surface area contributed by atoms with Crippen LogP contribution in [0.1, 0.15) is 48.2 Å². The van der Waals surface area contributed by atoms with Gasteiger partial charge in [0.1, 0.15) is 0 Å². The van der Waals surface area contributed by atoms with Gasteiger partial charge in [-0.15, -0.1) is 0 Å². The molecule has 0 atom stereocenters. The minimum atomic E-state index is -0.00331. The molecule has 5 heteroatoms. The first-order valence-electron chi connectivity index (χ1n) is 8.50. The molecule has 1 aromatic heterocycles. The number of hydrogen-bond donors (Lipinski definition) is 1. The third-order valence-corrected chi connectivity index (χ3v) is 3.94. The van der Waals surface area contributed by atoms with Crippen molar-refractivity contribution in [2.75, 3.05) is 18.4 Å². The first-order valence-corrected chi connectivity index (χ1v) is 8.50. The quantitative estimate of drug-likeness (QED) is 0.832. The van der Waals surface area contributed by atoms with E-state index in [-0.39, 0.29) is 5.91 Å². The van der Waals surface area contributed by atoms with Crippen LogP contribution in [-0.2, 0) is 0 Å². The summed E-state index contributed by atoms with van der Waals surface area (Å²) in [6.45, 7) is 9.81. The molecule has 2 aromatic rings. The van der Waals surface area contributed by atoms with Crippen molar-refractivity contribution in [3.63, 3.8) is 0 Å². The summed E-state index contributed by atoms with van der Waals surface area (Å²) in [5.41, 5.74) is 3.93. The number of aromatic nitrogens is 2. The highest BCUT2D eigenvalue weighted by molar-refractivity contribution is 5.93. The lowest BCUT2D eigenvalue weighted by Gasteiger charge is -2.21. The van der Waals surface area contributed by atoms with Crippen LogP contribution in [0.2, 0.25) is 0 Å². The molecule has 5 nitrogen and oxygen atoms in total. The summed E-state index contributed by atoms with van der Waals surface area (Å²) in [6.07, 6.45) is 5.08. The van der Waals surface area contributed by atoms with Gasteiger partial charge >= 0.3 is 0 Å². The van der Waals surface area contributed by atoms with Crippen molar-refractivity contribution in [2.24, 2.45) is 0 Å². The number of hydrogen-bond acceptors (Lipinski definition) is 4. The second-order valence-electron chi connectivity index (χ2n) is 6.01. The van der Waals surface area contributed by atoms with Crippen LogP contribution in [0.15, 0.2) is 30.6 Å². The minimum absolute atomic E-state index is 0.00331. The molecular weight excluding hydrogens is 300 g/mol. The van der Waals surface area contributed by atoms with E-state index in [0.29, 0.717) is 11.5 Å². The molecule has 2 rings (SSSR count). The Kier molecular flexibility index (Phi) is 6.29. The van der Waals surface area contributed by atoms with E-state index in [1.807, 2.05) is 11.0 Å². The van der Waals surface area contributed by atoms with Crippen LogP contribution >= 0.6 is 0 Å². The molecule has 128 valence electrons. The topological polar surface area (TPSA) is 58.1 Å². The Hall–Kier alpha value is -2.43. The summed E-state index contributed by atoms with van der Waals surface area (Å²) in [4.78, 5) is 22.9. The van der Waals surface area contributed by atoms with Crippen LogP contribution in [0.25, 0.3) is 0 Å². The van der Waals surface area contributed by atoms with Gasteiger partial charge < -0.3 is 10.2 Å². The fourth-order valence-electron chi connectivity index (χ4n) is 2.49. The maximum Gasteiger partial charge on any atom is 0.256 e. The number of carbonyl (C=O) groups excluding carboxylic acids is 1. The molecule has 0 aliphatic rings. The molecule has 0 aliphatic heterocycles. The second-order valence-corrected chi connectivity index (χ2v) is 6.01. The standard InChI is InChI=1S/C19H26N4O/c1-5-9-23(10-6-2)18(24)16-12-20-19(21-13-16)22-17-8-7-14(3)15(4)11-17/h7-8,11-13H,5-6,9-10H2,1-4H3,(H,20,21,22). The van der Waals surface area contributed by atoms with Crippen molar-refractivity contribution >= 4 is 17.5 Å². The summed E-state index contributed by atoms with van der Waals surface area (Å²) in [5, 5.41) is 3.17. The Bertz CT molecular complexity index is 676. The van der Waals surface area contributed by atoms with Gasteiger partial charge in [-0.05, 0) is 49.9 Å². The van der Waals surface area contributed by atoms with E-state index in [9.17, 15) is 4.79 Å². The molecule has 1 N–H and O–H groups in total. The van der Waals surface area contributed by atoms with Gasteiger partial charge in [0.05, 0.1) is 5.56 Å². The van der Waals surface area contributed by atoms with E-state index < -0.39 is 0 Å². The first kappa shape index (κ1) is 17.9. The number of amides is 1. The van der Waals surface area contributed by atoms with E-state index in [1.165, 1.54) is 11.1 Å². The van der Waals surface area contributed by atoms with Crippen molar-refractivity contribution in [3.05, 3.63) is 47.3 Å². The maximum absolute atomic E-state index is 12.5. The lowest BCUT2D eigenvalue weighted by atomic mass is 10.1. The van der Waals surface area contributed by atoms with Crippen molar-refractivity contribution in [1.82, 2.24) is 14.9 Å². The largest absolute Gasteiger partial charge is 0.339 e. The molecule has 1 aromatic carbocycles. The highest BCUT2D eigenvalue weighted by atomic mass is 16.2. The lowest BCUT2D eigenvalue weighted by molar-refractivity contribution is 0.0755. The Morgan fingerprint density at radius 2 is 1.67 bits per heavy atom. The molecule has 0 bridgehead atoms. The summed E-state index contributed by atoms with van der Waals surface area (Å²) in [5.74, 6) is 0.490. The van der Waals surface area contributed by atoms with Crippen LogP contribution in [0.4, 0.5) is 11.6 Å². The Morgan fingerprint density at radius 3 is 2.21 bits per heavy atom. The maximum atomic E-state index is 12.5. The summed E-state index contributed by atoms with van der Waals surface area (Å²) in [6, 6.07) is 6.11. The zero-order chi connectivity index (χ0) is 17.5. The highest BCUT2D eigenvalue weighted by Gasteiger charge is 2.15. The average Bonchev–Trinajstić information content (AvgIpc) is 2.58. The smallest absolute Gasteiger partial charge is 0.256 e. The van der Waals surface area contributed by atoms with Gasteiger partial charge in [0, 0.05) is 31.2 Å². The molecule has 0 saturated heterocycles. The van der Waals surface area contributed by atoms with E-state index >= 15 is 0 Å². The number of nitrogens with zero attached hydrogens (tertiary/aromatic N) is 3. The lowest BCUT2D eigenvalue weighted by Crippen LogP contribution is -2.32. The summed E-state index contributed by atoms with van der Waals surface area (Å²) in [7, 11) is 0. The van der Waals surface area contributed by atoms with Gasteiger partial charge in [0.15, 0.2) is 0 Å². The zero-order valence-corrected chi connectivity index (χ0v) is 15.0. The number of carbonyl (C=O) groups is 1. The average molecular weight is 326 g/mol. The molecule has 24 heavy (non-hydrogen) atoms. The number of benzene rings is 1. The van der Waals surface area contributed by atoms with Gasteiger partial charge in [0.2, 0.25) is 5.95 Å². The fourth-order valence-corrected chi connectivity index (χ4v) is 2.49. The molecule has 1 amide bonds. The van der Waals surface area contributed by atoms with E-state index in [0.717, 1.165) is 31.6 Å². The normalized spacial score (nSPS) is 10.5. The fraction of sp³-hybridized carbons (Fsp3) is 0.421. The van der Waals surface area contributed by atoms with Crippen molar-refractivity contribution < 1.29 is 4.79 Å². The van der Waals surface area contributed by atoms with Gasteiger partial charge in [-0.2, -0.15) is 0 Å². The van der Waals surface area contributed by atoms with E-state index in [4.69, 9.17) is 0 Å². The van der Waals surface area contributed by atoms with Crippen LogP contribution in [0.5, 0.6) is 0 Å². The van der Waals surface area contributed by atoms with Crippen LogP contribution in [0.3, 0.4) is 0 Å². The third kappa shape index (κ3) is 4.54. The highest BCUT2D eigenvalue weighted by Crippen LogP contribution is 2.17. The minimum Gasteiger partial charge on any atom is -0.339 e. The molecule has 0 aliphatic carbocycles. The predicted octanol–water partition coefficient (Wildman–Crippen LogP) is 4.10. The molecule has 0 fully saturated rings. The number of aryl methyl sites for hydroxylation is 2. The van der Waals surface area contributed by atoms with Crippen LogP contribution < -0.4 is 5.32 Å². The molecule has 0 saturated carbocycles. The monoisotopic (exact) mass is 326 g/mol. The van der Waals surface area contributed by atoms with Crippen LogP contribution in [0, 0.1) is 13.8 Å². The van der Waals surface area contributed by atoms with E-state index in [2.05, 4.69) is 55.1 Å².